The van der Waals surface area contributed by atoms with Gasteiger partial charge in [-0.2, -0.15) is 0 Å². The summed E-state index contributed by atoms with van der Waals surface area (Å²) in [7, 11) is -2.28. The van der Waals surface area contributed by atoms with Crippen molar-refractivity contribution in [3.8, 4) is 0 Å². The number of hydrogen-bond donors (Lipinski definition) is 4. The second-order valence-electron chi connectivity index (χ2n) is 14.2. The van der Waals surface area contributed by atoms with Crippen LogP contribution in [0.3, 0.4) is 0 Å². The molecule has 266 valence electrons. The van der Waals surface area contributed by atoms with Gasteiger partial charge >= 0.3 is 0 Å². The number of carbonyl (C=O) groups is 3. The number of sulfonamides is 1. The number of nitrogens with one attached hydrogen (secondary N) is 3. The third-order valence-electron chi connectivity index (χ3n) is 8.35. The van der Waals surface area contributed by atoms with Crippen LogP contribution < -0.4 is 20.3 Å². The predicted molar refractivity (Wildman–Crippen MR) is 194 cm³/mol. The van der Waals surface area contributed by atoms with Gasteiger partial charge in [-0.3, -0.25) is 18.7 Å². The van der Waals surface area contributed by atoms with Gasteiger partial charge in [0, 0.05) is 25.1 Å². The van der Waals surface area contributed by atoms with Gasteiger partial charge in [0.2, 0.25) is 21.8 Å². The van der Waals surface area contributed by atoms with Crippen molar-refractivity contribution in [2.75, 3.05) is 11.4 Å². The second kappa shape index (κ2) is 17.4. The van der Waals surface area contributed by atoms with Gasteiger partial charge in [-0.05, 0) is 53.5 Å². The third-order valence-corrected chi connectivity index (χ3v) is 10.1. The monoisotopic (exact) mass is 692 g/mol. The van der Waals surface area contributed by atoms with Crippen LogP contribution in [0.4, 0.5) is 5.69 Å². The summed E-state index contributed by atoms with van der Waals surface area (Å²) in [6, 6.07) is 23.2. The van der Waals surface area contributed by atoms with Crippen LogP contribution in [0.5, 0.6) is 0 Å². The highest BCUT2D eigenvalue weighted by Gasteiger charge is 2.35. The fourth-order valence-corrected chi connectivity index (χ4v) is 6.68. The molecular weight excluding hydrogens is 641 g/mol. The number of rotatable bonds is 16. The van der Waals surface area contributed by atoms with E-state index in [0.29, 0.717) is 24.2 Å². The molecule has 0 aliphatic heterocycles. The normalized spacial score (nSPS) is 14.3. The van der Waals surface area contributed by atoms with Gasteiger partial charge in [-0.25, -0.2) is 8.42 Å². The van der Waals surface area contributed by atoms with Gasteiger partial charge in [0.25, 0.3) is 5.91 Å². The highest BCUT2D eigenvalue weighted by molar-refractivity contribution is 7.92. The molecule has 0 spiro atoms. The van der Waals surface area contributed by atoms with Crippen LogP contribution in [0.2, 0.25) is 0 Å². The first-order valence-corrected chi connectivity index (χ1v) is 18.3. The molecule has 0 aliphatic carbocycles. The van der Waals surface area contributed by atoms with Gasteiger partial charge in [0.05, 0.1) is 23.6 Å². The summed E-state index contributed by atoms with van der Waals surface area (Å²) in [5, 5.41) is 20.0. The van der Waals surface area contributed by atoms with Crippen molar-refractivity contribution in [1.82, 2.24) is 16.0 Å². The number of benzene rings is 3. The zero-order chi connectivity index (χ0) is 36.4. The van der Waals surface area contributed by atoms with Crippen LogP contribution >= 0.6 is 0 Å². The zero-order valence-electron chi connectivity index (χ0n) is 29.6. The molecule has 0 aromatic heterocycles. The molecule has 0 saturated heterocycles. The van der Waals surface area contributed by atoms with E-state index < -0.39 is 45.5 Å². The fourth-order valence-electron chi connectivity index (χ4n) is 5.44. The summed E-state index contributed by atoms with van der Waals surface area (Å²) >= 11 is 0. The number of nitrogens with zero attached hydrogens (tertiary/aromatic N) is 1. The highest BCUT2D eigenvalue weighted by Crippen LogP contribution is 2.23. The molecule has 3 aromatic carbocycles. The smallest absolute Gasteiger partial charge is 0.251 e. The van der Waals surface area contributed by atoms with Crippen LogP contribution in [0, 0.1) is 17.3 Å². The molecule has 3 unspecified atom stereocenters. The van der Waals surface area contributed by atoms with Gasteiger partial charge in [0.1, 0.15) is 6.04 Å². The van der Waals surface area contributed by atoms with E-state index in [0.717, 1.165) is 9.87 Å². The van der Waals surface area contributed by atoms with Crippen molar-refractivity contribution in [1.29, 1.82) is 0 Å². The highest BCUT2D eigenvalue weighted by atomic mass is 32.2. The van der Waals surface area contributed by atoms with Gasteiger partial charge in [0.15, 0.2) is 0 Å². The molecule has 0 saturated carbocycles. The Kier molecular flexibility index (Phi) is 14.0. The van der Waals surface area contributed by atoms with Crippen LogP contribution in [0.15, 0.2) is 84.9 Å². The lowest BCUT2D eigenvalue weighted by Crippen LogP contribution is -2.55. The second-order valence-corrected chi connectivity index (χ2v) is 16.2. The predicted octanol–water partition coefficient (Wildman–Crippen LogP) is 5.03. The van der Waals surface area contributed by atoms with E-state index in [1.165, 1.54) is 13.1 Å². The summed E-state index contributed by atoms with van der Waals surface area (Å²) in [4.78, 5) is 40.0. The molecule has 0 aliphatic rings. The Balaban J connectivity index is 1.67. The zero-order valence-corrected chi connectivity index (χ0v) is 30.5. The molecule has 49 heavy (non-hydrogen) atoms. The molecule has 0 bridgehead atoms. The van der Waals surface area contributed by atoms with Crippen LogP contribution in [-0.2, 0) is 31.9 Å². The van der Waals surface area contributed by atoms with Gasteiger partial charge in [-0.1, -0.05) is 108 Å². The van der Waals surface area contributed by atoms with Crippen LogP contribution in [-0.4, -0.2) is 56.5 Å². The third kappa shape index (κ3) is 12.0. The Labute approximate surface area is 291 Å². The Morgan fingerprint density at radius 2 is 1.39 bits per heavy atom. The first-order chi connectivity index (χ1) is 23.0. The number of amides is 3. The lowest BCUT2D eigenvalue weighted by atomic mass is 9.85. The number of carbonyl (C=O) groups excluding carboxylic acids is 3. The number of hydrogen-bond acceptors (Lipinski definition) is 6. The van der Waals surface area contributed by atoms with Crippen molar-refractivity contribution in [2.45, 2.75) is 84.9 Å². The summed E-state index contributed by atoms with van der Waals surface area (Å²) in [6.45, 7) is 11.6. The molecule has 0 fully saturated rings. The molecule has 0 radical (unpaired) electrons. The average Bonchev–Trinajstić information content (AvgIpc) is 3.05. The summed E-state index contributed by atoms with van der Waals surface area (Å²) < 4.78 is 27.4. The largest absolute Gasteiger partial charge is 0.391 e. The van der Waals surface area contributed by atoms with E-state index in [4.69, 9.17) is 0 Å². The minimum atomic E-state index is -3.72. The molecule has 10 nitrogen and oxygen atoms in total. The maximum absolute atomic E-state index is 13.5. The van der Waals surface area contributed by atoms with E-state index in [1.54, 1.807) is 49.4 Å². The minimum Gasteiger partial charge on any atom is -0.391 e. The van der Waals surface area contributed by atoms with Crippen molar-refractivity contribution < 1.29 is 27.9 Å². The van der Waals surface area contributed by atoms with E-state index in [1.807, 2.05) is 71.0 Å². The molecular formula is C38H52N4O6S. The summed E-state index contributed by atoms with van der Waals surface area (Å²) in [6.07, 6.45) is -0.574. The molecule has 3 amide bonds. The van der Waals surface area contributed by atoms with Crippen molar-refractivity contribution in [3.05, 3.63) is 102 Å². The molecule has 3 aromatic rings. The van der Waals surface area contributed by atoms with Gasteiger partial charge in [-0.15, -0.1) is 0 Å². The molecule has 11 heteroatoms. The van der Waals surface area contributed by atoms with Crippen LogP contribution in [0.25, 0.3) is 0 Å². The average molecular weight is 693 g/mol. The molecule has 3 rings (SSSR count). The van der Waals surface area contributed by atoms with E-state index in [2.05, 4.69) is 16.0 Å². The first kappa shape index (κ1) is 39.2. The van der Waals surface area contributed by atoms with E-state index in [-0.39, 0.29) is 35.5 Å². The maximum atomic E-state index is 13.5. The SMILES string of the molecule is CC(C)CC(NC(=O)c1cccc(N(C)S(=O)(=O)Cc2ccccc2)c1)C(O)CC(C)C(=O)N[C@H](C(=O)NCc1ccccc1)C(C)(C)C. The number of aliphatic hydroxyl groups excluding tert-OH is 1. The Morgan fingerprint density at radius 1 is 0.796 bits per heavy atom. The quantitative estimate of drug-likeness (QED) is 0.166. The summed E-state index contributed by atoms with van der Waals surface area (Å²) in [5.74, 6) is -1.90. The topological polar surface area (TPSA) is 145 Å². The Bertz CT molecular complexity index is 1640. The lowest BCUT2D eigenvalue weighted by molar-refractivity contribution is -0.134. The lowest BCUT2D eigenvalue weighted by Gasteiger charge is -2.32. The Hall–Kier alpha value is -4.22. The standard InChI is InChI=1S/C38H52N4O6S/c1-26(2)21-32(40-36(45)30-19-14-20-31(23-30)42(7)49(47,48)25-29-17-12-9-13-18-29)33(43)22-27(3)35(44)41-34(38(4,5)6)37(46)39-24-28-15-10-8-11-16-28/h8-20,23,26-27,32-34,43H,21-22,24-25H2,1-7H3,(H,39,46)(H,40,45)(H,41,44)/t27?,32?,33?,34-/m1/s1. The molecule has 4 atom stereocenters. The van der Waals surface area contributed by atoms with E-state index in [9.17, 15) is 27.9 Å². The van der Waals surface area contributed by atoms with Crippen molar-refractivity contribution in [2.24, 2.45) is 17.3 Å². The summed E-state index contributed by atoms with van der Waals surface area (Å²) in [5.41, 5.74) is 1.58. The molecule has 4 N–H and O–H groups in total. The Morgan fingerprint density at radius 3 is 1.96 bits per heavy atom. The number of anilines is 1. The van der Waals surface area contributed by atoms with Crippen LogP contribution in [0.1, 0.15) is 75.9 Å². The fraction of sp³-hybridized carbons (Fsp3) is 0.447. The van der Waals surface area contributed by atoms with Crippen molar-refractivity contribution in [3.63, 3.8) is 0 Å². The minimum absolute atomic E-state index is 0.0481. The molecule has 0 heterocycles. The van der Waals surface area contributed by atoms with Crippen molar-refractivity contribution >= 4 is 33.4 Å². The maximum Gasteiger partial charge on any atom is 0.251 e. The van der Waals surface area contributed by atoms with Gasteiger partial charge < -0.3 is 21.1 Å². The number of aliphatic hydroxyl groups is 1. The first-order valence-electron chi connectivity index (χ1n) is 16.7. The van der Waals surface area contributed by atoms with E-state index >= 15 is 0 Å².